The summed E-state index contributed by atoms with van der Waals surface area (Å²) in [6.45, 7) is 25.7. The zero-order chi connectivity index (χ0) is 59.8. The monoisotopic (exact) mass is 1090 g/mol. The number of rotatable bonds is 6. The summed E-state index contributed by atoms with van der Waals surface area (Å²) in [5, 5.41) is 0. The average molecular weight is 1090 g/mol. The van der Waals surface area contributed by atoms with E-state index in [1.807, 2.05) is 18.2 Å². The number of hydrogen-bond donors (Lipinski definition) is 0. The Hall–Kier alpha value is -9.36. The van der Waals surface area contributed by atoms with E-state index >= 15 is 0 Å². The first-order valence-corrected chi connectivity index (χ1v) is 29.4. The Morgan fingerprint density at radius 3 is 0.893 bits per heavy atom. The van der Waals surface area contributed by atoms with Crippen LogP contribution in [-0.4, -0.2) is 0 Å². The van der Waals surface area contributed by atoms with Gasteiger partial charge in [-0.25, -0.2) is 0 Å². The van der Waals surface area contributed by atoms with Crippen molar-refractivity contribution in [2.75, 3.05) is 0 Å². The molecule has 0 bridgehead atoms. The van der Waals surface area contributed by atoms with Gasteiger partial charge in [-0.2, -0.15) is 0 Å². The fraction of sp³-hybridized carbons (Fsp3) is 0.143. The molecule has 0 saturated carbocycles. The van der Waals surface area contributed by atoms with Crippen LogP contribution in [0.3, 0.4) is 0 Å². The first-order chi connectivity index (χ1) is 40.6. The van der Waals surface area contributed by atoms with Gasteiger partial charge in [0.25, 0.3) is 0 Å². The van der Waals surface area contributed by atoms with Gasteiger partial charge >= 0.3 is 0 Å². The Labute approximate surface area is 504 Å². The van der Waals surface area contributed by atoms with Gasteiger partial charge in [-0.1, -0.05) is 325 Å². The SMILES string of the molecule is Cc1cc(C)cc(-c2ccccc2)c1.Cc1ccc(-c2ccccc2)c(C)c1.Cc1ccc(-c2ccccc2)cc1C.Cc1cccc(-c2cccc(C)c2)c1.Cc1cccc(-c2ccccc2C)c1.Cc1ccccc1-c1ccccc1C. The molecule has 420 valence electrons. The van der Waals surface area contributed by atoms with Crippen LogP contribution < -0.4 is 0 Å². The van der Waals surface area contributed by atoms with Crippen molar-refractivity contribution in [3.8, 4) is 66.8 Å². The summed E-state index contributed by atoms with van der Waals surface area (Å²) >= 11 is 0. The smallest absolute Gasteiger partial charge is 0.0152 e. The Morgan fingerprint density at radius 1 is 0.131 bits per heavy atom. The Kier molecular flexibility index (Phi) is 23.5. The quantitative estimate of drug-likeness (QED) is 0.156. The molecule has 0 aliphatic carbocycles. The first kappa shape index (κ1) is 62.2. The summed E-state index contributed by atoms with van der Waals surface area (Å²) in [4.78, 5) is 0. The predicted molar refractivity (Wildman–Crippen MR) is 368 cm³/mol. The Balaban J connectivity index is 0.000000145. The van der Waals surface area contributed by atoms with Crippen molar-refractivity contribution in [1.82, 2.24) is 0 Å². The summed E-state index contributed by atoms with van der Waals surface area (Å²) in [6.07, 6.45) is 0. The fourth-order valence-electron chi connectivity index (χ4n) is 10.2. The van der Waals surface area contributed by atoms with Gasteiger partial charge in [-0.15, -0.1) is 0 Å². The van der Waals surface area contributed by atoms with Gasteiger partial charge in [0.05, 0.1) is 0 Å². The third-order valence-electron chi connectivity index (χ3n) is 14.8. The van der Waals surface area contributed by atoms with E-state index < -0.39 is 0 Å². The average Bonchev–Trinajstić information content (AvgIpc) is 3.71. The molecule has 0 N–H and O–H groups in total. The molecule has 0 heterocycles. The lowest BCUT2D eigenvalue weighted by atomic mass is 9.97. The summed E-state index contributed by atoms with van der Waals surface area (Å²) in [7, 11) is 0. The van der Waals surface area contributed by atoms with Gasteiger partial charge in [0.2, 0.25) is 0 Å². The van der Waals surface area contributed by atoms with E-state index in [4.69, 9.17) is 0 Å². The van der Waals surface area contributed by atoms with Crippen LogP contribution in [0.15, 0.2) is 291 Å². The highest BCUT2D eigenvalue weighted by Crippen LogP contribution is 2.28. The molecule has 0 spiro atoms. The van der Waals surface area contributed by atoms with Crippen molar-refractivity contribution in [1.29, 1.82) is 0 Å². The molecule has 12 aromatic rings. The minimum Gasteiger partial charge on any atom is -0.0622 e. The highest BCUT2D eigenvalue weighted by Gasteiger charge is 2.05. The lowest BCUT2D eigenvalue weighted by Crippen LogP contribution is -1.85. The van der Waals surface area contributed by atoms with Crippen molar-refractivity contribution < 1.29 is 0 Å². The third kappa shape index (κ3) is 19.1. The minimum absolute atomic E-state index is 1.29. The molecule has 0 aliphatic rings. The lowest BCUT2D eigenvalue weighted by molar-refractivity contribution is 1.34. The molecular weight excluding hydrogens is 1010 g/mol. The van der Waals surface area contributed by atoms with Gasteiger partial charge in [0, 0.05) is 0 Å². The summed E-state index contributed by atoms with van der Waals surface area (Å²) in [5.41, 5.74) is 31.7. The van der Waals surface area contributed by atoms with Crippen molar-refractivity contribution in [2.24, 2.45) is 0 Å². The van der Waals surface area contributed by atoms with Crippen LogP contribution in [0.2, 0.25) is 0 Å². The maximum atomic E-state index is 2.24. The van der Waals surface area contributed by atoms with Gasteiger partial charge in [0.15, 0.2) is 0 Å². The van der Waals surface area contributed by atoms with E-state index in [0.29, 0.717) is 0 Å². The number of hydrogen-bond acceptors (Lipinski definition) is 0. The standard InChI is InChI=1S/6C14H14/c1-11-5-3-7-13(9-11)14-8-4-6-12(2)10-14;1-11-7-3-5-9-13(11)14-10-6-4-8-12(14)2;1-11-6-5-8-13(10-11)14-9-4-3-7-12(14)2;1-11-8-12(2)10-14(9-11)13-6-4-3-5-7-13;1-11-8-9-14(10-12(11)2)13-6-4-3-5-7-13;1-11-8-9-14(12(2)10-11)13-6-4-3-5-7-13/h6*3-10H,1-2H3. The molecule has 12 rings (SSSR count). The molecule has 0 aromatic heterocycles. The molecule has 0 radical (unpaired) electrons. The number of aryl methyl sites for hydroxylation is 12. The summed E-state index contributed by atoms with van der Waals surface area (Å²) < 4.78 is 0. The van der Waals surface area contributed by atoms with E-state index in [2.05, 4.69) is 356 Å². The topological polar surface area (TPSA) is 0 Å². The highest BCUT2D eigenvalue weighted by atomic mass is 14.1. The van der Waals surface area contributed by atoms with Crippen molar-refractivity contribution in [3.05, 3.63) is 358 Å². The molecule has 0 atom stereocenters. The third-order valence-corrected chi connectivity index (χ3v) is 14.8. The van der Waals surface area contributed by atoms with Crippen LogP contribution in [-0.2, 0) is 0 Å². The Morgan fingerprint density at radius 2 is 0.464 bits per heavy atom. The second-order valence-electron chi connectivity index (χ2n) is 22.1. The number of benzene rings is 12. The largest absolute Gasteiger partial charge is 0.0622 e. The molecule has 0 heteroatoms. The van der Waals surface area contributed by atoms with E-state index in [0.717, 1.165) is 0 Å². The molecule has 0 unspecified atom stereocenters. The molecule has 0 saturated heterocycles. The molecule has 84 heavy (non-hydrogen) atoms. The fourth-order valence-corrected chi connectivity index (χ4v) is 10.2. The second kappa shape index (κ2) is 31.7. The molecule has 0 aliphatic heterocycles. The maximum absolute atomic E-state index is 2.24. The zero-order valence-electron chi connectivity index (χ0n) is 51.7. The van der Waals surface area contributed by atoms with Crippen molar-refractivity contribution in [3.63, 3.8) is 0 Å². The van der Waals surface area contributed by atoms with Crippen LogP contribution in [0.1, 0.15) is 66.8 Å². The molecule has 12 aromatic carbocycles. The van der Waals surface area contributed by atoms with Crippen LogP contribution in [0.25, 0.3) is 66.8 Å². The lowest BCUT2D eigenvalue weighted by Gasteiger charge is -2.08. The minimum atomic E-state index is 1.29. The molecular formula is C84H84. The predicted octanol–water partition coefficient (Wildman–Crippen LogP) is 23.8. The van der Waals surface area contributed by atoms with Gasteiger partial charge in [-0.05, 0) is 183 Å². The van der Waals surface area contributed by atoms with Crippen LogP contribution in [0, 0.1) is 83.1 Å². The van der Waals surface area contributed by atoms with E-state index in [1.165, 1.54) is 134 Å². The Bertz CT molecular complexity index is 3850. The van der Waals surface area contributed by atoms with Gasteiger partial charge in [-0.3, -0.25) is 0 Å². The van der Waals surface area contributed by atoms with Crippen LogP contribution in [0.4, 0.5) is 0 Å². The second-order valence-corrected chi connectivity index (χ2v) is 22.1. The van der Waals surface area contributed by atoms with Crippen LogP contribution in [0.5, 0.6) is 0 Å². The van der Waals surface area contributed by atoms with Crippen LogP contribution >= 0.6 is 0 Å². The van der Waals surface area contributed by atoms with E-state index in [9.17, 15) is 0 Å². The normalized spacial score (nSPS) is 10.1. The molecule has 0 amide bonds. The molecule has 0 nitrogen and oxygen atoms in total. The first-order valence-electron chi connectivity index (χ1n) is 29.4. The van der Waals surface area contributed by atoms with E-state index in [1.54, 1.807) is 0 Å². The molecule has 0 fully saturated rings. The van der Waals surface area contributed by atoms with Crippen molar-refractivity contribution >= 4 is 0 Å². The highest BCUT2D eigenvalue weighted by molar-refractivity contribution is 5.72. The maximum Gasteiger partial charge on any atom is -0.0152 e. The van der Waals surface area contributed by atoms with Crippen molar-refractivity contribution in [2.45, 2.75) is 83.1 Å². The van der Waals surface area contributed by atoms with Gasteiger partial charge < -0.3 is 0 Å². The zero-order valence-corrected chi connectivity index (χ0v) is 51.7. The summed E-state index contributed by atoms with van der Waals surface area (Å²) in [5.74, 6) is 0. The van der Waals surface area contributed by atoms with Gasteiger partial charge in [0.1, 0.15) is 0 Å². The summed E-state index contributed by atoms with van der Waals surface area (Å²) in [6, 6.07) is 103. The van der Waals surface area contributed by atoms with E-state index in [-0.39, 0.29) is 0 Å².